The van der Waals surface area contributed by atoms with Crippen LogP contribution in [0.3, 0.4) is 0 Å². The van der Waals surface area contributed by atoms with Gasteiger partial charge in [-0.15, -0.1) is 23.2 Å². The van der Waals surface area contributed by atoms with Crippen molar-refractivity contribution in [1.29, 1.82) is 0 Å². The van der Waals surface area contributed by atoms with Crippen molar-refractivity contribution in [2.75, 3.05) is 12.0 Å². The second kappa shape index (κ2) is 10.4. The Morgan fingerprint density at radius 1 is 0.933 bits per heavy atom. The molecule has 1 saturated carbocycles. The third-order valence-electron chi connectivity index (χ3n) is 9.72. The van der Waals surface area contributed by atoms with Crippen LogP contribution in [0.2, 0.25) is 0 Å². The molecule has 3 aromatic rings. The van der Waals surface area contributed by atoms with Crippen LogP contribution < -0.4 is 9.64 Å². The molecule has 1 N–H and O–H groups in total. The first-order valence-electron chi connectivity index (χ1n) is 14.5. The van der Waals surface area contributed by atoms with Crippen LogP contribution in [0, 0.1) is 23.6 Å². The monoisotopic (exact) mass is 648 g/mol. The number of rotatable bonds is 5. The number of methoxy groups -OCH3 is 1. The van der Waals surface area contributed by atoms with Gasteiger partial charge in [0.05, 0.1) is 31.2 Å². The SMILES string of the molecule is COc1ccc(O)c([C@H]2C3=CC[C@@H]4C(=O)N(Cc5ccccc5)C(=O)[C@@H]4[C@@H]3C[C@@]3(Cl)C(=O)N(c4ccc(F)cc4)C(=O)[C@@]23Cl)c1. The number of benzene rings is 3. The van der Waals surface area contributed by atoms with Gasteiger partial charge in [0.15, 0.2) is 9.75 Å². The van der Waals surface area contributed by atoms with Gasteiger partial charge >= 0.3 is 0 Å². The zero-order chi connectivity index (χ0) is 31.8. The van der Waals surface area contributed by atoms with Gasteiger partial charge in [0.2, 0.25) is 11.8 Å². The second-order valence-electron chi connectivity index (χ2n) is 11.9. The molecule has 4 amide bonds. The fraction of sp³-hybridized carbons (Fsp3) is 0.294. The number of phenolic OH excluding ortho intramolecular Hbond substituents is 1. The predicted octanol–water partition coefficient (Wildman–Crippen LogP) is 5.30. The van der Waals surface area contributed by atoms with Gasteiger partial charge in [-0.2, -0.15) is 0 Å². The Hall–Kier alpha value is -4.21. The summed E-state index contributed by atoms with van der Waals surface area (Å²) in [7, 11) is 1.44. The van der Waals surface area contributed by atoms with E-state index in [0.717, 1.165) is 22.6 Å². The Balaban J connectivity index is 1.39. The summed E-state index contributed by atoms with van der Waals surface area (Å²) in [5.41, 5.74) is 1.58. The smallest absolute Gasteiger partial charge is 0.258 e. The molecular weight excluding hydrogens is 622 g/mol. The number of carbonyl (C=O) groups is 4. The Labute approximate surface area is 268 Å². The van der Waals surface area contributed by atoms with Crippen molar-refractivity contribution in [3.05, 3.63) is 101 Å². The number of nitrogens with zero attached hydrogens (tertiary/aromatic N) is 2. The van der Waals surface area contributed by atoms with Crippen LogP contribution in [0.4, 0.5) is 10.1 Å². The first-order valence-corrected chi connectivity index (χ1v) is 15.2. The quantitative estimate of drug-likeness (QED) is 0.229. The van der Waals surface area contributed by atoms with E-state index < -0.39 is 57.0 Å². The fourth-order valence-corrected chi connectivity index (χ4v) is 8.55. The third kappa shape index (κ3) is 4.10. The van der Waals surface area contributed by atoms with Crippen LogP contribution in [0.25, 0.3) is 0 Å². The van der Waals surface area contributed by atoms with Gasteiger partial charge in [-0.3, -0.25) is 24.1 Å². The molecule has 45 heavy (non-hydrogen) atoms. The number of allylic oxidation sites excluding steroid dienone is 2. The van der Waals surface area contributed by atoms with Gasteiger partial charge < -0.3 is 9.84 Å². The number of hydrogen-bond acceptors (Lipinski definition) is 6. The van der Waals surface area contributed by atoms with Crippen LogP contribution in [0.15, 0.2) is 84.4 Å². The lowest BCUT2D eigenvalue weighted by Crippen LogP contribution is -2.60. The van der Waals surface area contributed by atoms with E-state index >= 15 is 0 Å². The minimum Gasteiger partial charge on any atom is -0.508 e. The van der Waals surface area contributed by atoms with Gasteiger partial charge in [0.25, 0.3) is 11.8 Å². The lowest BCUT2D eigenvalue weighted by atomic mass is 9.56. The minimum atomic E-state index is -2.16. The summed E-state index contributed by atoms with van der Waals surface area (Å²) in [6.07, 6.45) is 1.78. The molecule has 3 aromatic carbocycles. The maximum absolute atomic E-state index is 14.4. The number of likely N-dealkylation sites (tertiary alicyclic amines) is 1. The van der Waals surface area contributed by atoms with Crippen LogP contribution >= 0.6 is 23.2 Å². The maximum atomic E-state index is 14.4. The van der Waals surface area contributed by atoms with Gasteiger partial charge in [-0.05, 0) is 66.8 Å². The first kappa shape index (κ1) is 29.5. The highest BCUT2D eigenvalue weighted by Crippen LogP contribution is 2.66. The zero-order valence-corrected chi connectivity index (χ0v) is 25.5. The summed E-state index contributed by atoms with van der Waals surface area (Å²) in [5.74, 6) is -6.32. The van der Waals surface area contributed by atoms with Crippen molar-refractivity contribution in [3.63, 3.8) is 0 Å². The van der Waals surface area contributed by atoms with Crippen molar-refractivity contribution < 1.29 is 33.4 Å². The predicted molar refractivity (Wildman–Crippen MR) is 163 cm³/mol. The van der Waals surface area contributed by atoms with E-state index in [1.54, 1.807) is 6.08 Å². The lowest BCUT2D eigenvalue weighted by Gasteiger charge is -2.50. The molecule has 4 aliphatic rings. The number of phenols is 1. The van der Waals surface area contributed by atoms with E-state index in [9.17, 15) is 28.7 Å². The number of fused-ring (bicyclic) bond motifs is 4. The number of carbonyl (C=O) groups excluding carboxylic acids is 4. The van der Waals surface area contributed by atoms with Crippen LogP contribution in [0.5, 0.6) is 11.5 Å². The number of ether oxygens (including phenoxy) is 1. The molecule has 11 heteroatoms. The summed E-state index contributed by atoms with van der Waals surface area (Å²) < 4.78 is 19.2. The molecule has 0 unspecified atom stereocenters. The van der Waals surface area contributed by atoms with Gasteiger partial charge in [-0.25, -0.2) is 9.29 Å². The molecule has 3 fully saturated rings. The molecule has 2 heterocycles. The molecule has 2 saturated heterocycles. The highest BCUT2D eigenvalue weighted by molar-refractivity contribution is 6.58. The number of aromatic hydroxyl groups is 1. The number of amides is 4. The molecule has 7 rings (SSSR count). The molecule has 0 radical (unpaired) electrons. The minimum absolute atomic E-state index is 0.0745. The summed E-state index contributed by atoms with van der Waals surface area (Å²) in [5, 5.41) is 11.2. The number of alkyl halides is 2. The van der Waals surface area contributed by atoms with Crippen LogP contribution in [0.1, 0.15) is 29.9 Å². The van der Waals surface area contributed by atoms with E-state index in [1.165, 1.54) is 42.3 Å². The lowest BCUT2D eigenvalue weighted by molar-refractivity contribution is -0.141. The van der Waals surface area contributed by atoms with Gasteiger partial charge in [0.1, 0.15) is 17.3 Å². The van der Waals surface area contributed by atoms with E-state index in [-0.39, 0.29) is 42.3 Å². The molecule has 0 aromatic heterocycles. The summed E-state index contributed by atoms with van der Waals surface area (Å²) in [4.78, 5) is 54.3. The Morgan fingerprint density at radius 2 is 1.64 bits per heavy atom. The molecule has 0 bridgehead atoms. The van der Waals surface area contributed by atoms with Crippen molar-refractivity contribution >= 4 is 52.5 Å². The maximum Gasteiger partial charge on any atom is 0.258 e. The van der Waals surface area contributed by atoms with E-state index in [4.69, 9.17) is 27.9 Å². The van der Waals surface area contributed by atoms with Crippen molar-refractivity contribution in [2.45, 2.75) is 35.1 Å². The third-order valence-corrected chi connectivity index (χ3v) is 11.1. The number of anilines is 1. The van der Waals surface area contributed by atoms with Gasteiger partial charge in [0, 0.05) is 11.5 Å². The second-order valence-corrected chi connectivity index (χ2v) is 13.2. The molecule has 2 aliphatic heterocycles. The summed E-state index contributed by atoms with van der Waals surface area (Å²) in [6, 6.07) is 18.4. The zero-order valence-electron chi connectivity index (χ0n) is 24.0. The van der Waals surface area contributed by atoms with Crippen LogP contribution in [-0.4, -0.2) is 50.5 Å². The molecule has 2 aliphatic carbocycles. The van der Waals surface area contributed by atoms with Gasteiger partial charge in [-0.1, -0.05) is 42.0 Å². The normalized spacial score (nSPS) is 30.6. The van der Waals surface area contributed by atoms with E-state index in [2.05, 4.69) is 0 Å². The first-order chi connectivity index (χ1) is 21.5. The number of hydrogen-bond donors (Lipinski definition) is 1. The summed E-state index contributed by atoms with van der Waals surface area (Å²) in [6.45, 7) is 0.0921. The van der Waals surface area contributed by atoms with Crippen LogP contribution in [-0.2, 0) is 25.7 Å². The van der Waals surface area contributed by atoms with Crippen molar-refractivity contribution in [3.8, 4) is 11.5 Å². The highest BCUT2D eigenvalue weighted by Gasteiger charge is 2.76. The Morgan fingerprint density at radius 3 is 2.33 bits per heavy atom. The standard InChI is InChI=1S/C34H27Cl2FN2O6/c1-45-21-11-14-26(40)24(15-21)28-22-12-13-23-27(30(42)38(29(23)41)17-18-5-3-2-4-6-18)25(22)16-33(35)31(43)39(32(44)34(28,33)36)20-9-7-19(37)8-10-20/h2-12,14-15,23,25,27-28,40H,13,16-17H2,1H3/t23-,25+,27-,28+,33+,34-/m0/s1. The van der Waals surface area contributed by atoms with E-state index in [1.807, 2.05) is 30.3 Å². The molecule has 8 nitrogen and oxygen atoms in total. The number of imide groups is 2. The largest absolute Gasteiger partial charge is 0.508 e. The summed E-state index contributed by atoms with van der Waals surface area (Å²) >= 11 is 14.7. The Kier molecular flexibility index (Phi) is 6.83. The average molecular weight is 650 g/mol. The molecule has 230 valence electrons. The highest BCUT2D eigenvalue weighted by atomic mass is 35.5. The topological polar surface area (TPSA) is 104 Å². The average Bonchev–Trinajstić information content (AvgIpc) is 3.36. The number of halogens is 3. The van der Waals surface area contributed by atoms with E-state index in [0.29, 0.717) is 11.3 Å². The molecule has 6 atom stereocenters. The van der Waals surface area contributed by atoms with Crippen molar-refractivity contribution in [2.24, 2.45) is 17.8 Å². The molecular formula is C34H27Cl2FN2O6. The fourth-order valence-electron chi connectivity index (χ4n) is 7.62. The molecule has 0 spiro atoms. The van der Waals surface area contributed by atoms with Crippen molar-refractivity contribution in [1.82, 2.24) is 4.90 Å². The Bertz CT molecular complexity index is 1800.